The van der Waals surface area contributed by atoms with Crippen molar-refractivity contribution in [3.63, 3.8) is 0 Å². The first-order valence-corrected chi connectivity index (χ1v) is 7.20. The molecule has 0 saturated heterocycles. The van der Waals surface area contributed by atoms with Crippen molar-refractivity contribution in [3.8, 4) is 0 Å². The molecule has 0 aliphatic rings. The number of rotatable bonds is 6. The van der Waals surface area contributed by atoms with Crippen molar-refractivity contribution in [2.45, 2.75) is 19.4 Å². The number of halogens is 1. The summed E-state index contributed by atoms with van der Waals surface area (Å²) in [7, 11) is 0. The lowest BCUT2D eigenvalue weighted by Crippen LogP contribution is -2.12. The molecule has 0 N–H and O–H groups in total. The average molecular weight is 311 g/mol. The Morgan fingerprint density at radius 3 is 2.87 bits per heavy atom. The maximum absolute atomic E-state index is 13.1. The molecule has 0 bridgehead atoms. The maximum Gasteiger partial charge on any atom is 0.198 e. The molecule has 0 aliphatic carbocycles. The first-order valence-electron chi connectivity index (χ1n) is 7.20. The Morgan fingerprint density at radius 2 is 2.22 bits per heavy atom. The topological polar surface area (TPSA) is 42.6 Å². The Kier molecular flexibility index (Phi) is 5.41. The van der Waals surface area contributed by atoms with Gasteiger partial charge in [-0.1, -0.05) is 36.9 Å². The Morgan fingerprint density at radius 1 is 1.43 bits per heavy atom. The van der Waals surface area contributed by atoms with E-state index >= 15 is 0 Å². The van der Waals surface area contributed by atoms with Gasteiger partial charge in [0.2, 0.25) is 0 Å². The Hall–Kier alpha value is -2.75. The normalized spacial score (nSPS) is 13.0. The van der Waals surface area contributed by atoms with E-state index in [0.717, 1.165) is 5.56 Å². The van der Waals surface area contributed by atoms with Crippen molar-refractivity contribution in [2.24, 2.45) is 4.99 Å². The summed E-state index contributed by atoms with van der Waals surface area (Å²) in [5, 5.41) is 0.434. The minimum Gasteiger partial charge on any atom is -0.464 e. The number of hydrogen-bond acceptors (Lipinski definition) is 3. The monoisotopic (exact) mass is 311 g/mol. The van der Waals surface area contributed by atoms with Crippen LogP contribution in [0.3, 0.4) is 0 Å². The molecule has 0 amide bonds. The number of hydrogen-bond donors (Lipinski definition) is 0. The van der Waals surface area contributed by atoms with Crippen LogP contribution in [0.1, 0.15) is 30.5 Å². The fraction of sp³-hybridized carbons (Fsp3) is 0.158. The smallest absolute Gasteiger partial charge is 0.198 e. The molecular weight excluding hydrogens is 293 g/mol. The highest BCUT2D eigenvalue weighted by Gasteiger charge is 2.17. The standard InChI is InChI=1S/C19H18FNO2/c1-4-5-6-7-14-8-9-18-15(11-14)19(22)16(12-23-18)17(21-3)10-13(2)20/h4-9,11-12,17H,2-3,10H2,1H3/b5-4-,7-6-. The summed E-state index contributed by atoms with van der Waals surface area (Å²) in [5.41, 5.74) is 1.40. The Bertz CT molecular complexity index is 846. The van der Waals surface area contributed by atoms with Gasteiger partial charge in [-0.2, -0.15) is 0 Å². The van der Waals surface area contributed by atoms with Gasteiger partial charge in [0.1, 0.15) is 11.8 Å². The predicted molar refractivity (Wildman–Crippen MR) is 93.5 cm³/mol. The van der Waals surface area contributed by atoms with Crippen LogP contribution in [0.2, 0.25) is 0 Å². The molecule has 3 nitrogen and oxygen atoms in total. The van der Waals surface area contributed by atoms with Gasteiger partial charge in [0, 0.05) is 6.42 Å². The van der Waals surface area contributed by atoms with E-state index in [0.29, 0.717) is 11.0 Å². The molecule has 23 heavy (non-hydrogen) atoms. The second-order valence-electron chi connectivity index (χ2n) is 5.08. The third kappa shape index (κ3) is 3.92. The highest BCUT2D eigenvalue weighted by molar-refractivity contribution is 5.80. The summed E-state index contributed by atoms with van der Waals surface area (Å²) < 4.78 is 18.6. The highest BCUT2D eigenvalue weighted by atomic mass is 19.1. The summed E-state index contributed by atoms with van der Waals surface area (Å²) in [6.07, 6.45) is 8.82. The van der Waals surface area contributed by atoms with Crippen LogP contribution in [0.25, 0.3) is 17.0 Å². The van der Waals surface area contributed by atoms with Crippen LogP contribution in [0.15, 0.2) is 69.3 Å². The zero-order chi connectivity index (χ0) is 16.8. The van der Waals surface area contributed by atoms with Crippen molar-refractivity contribution < 1.29 is 8.81 Å². The van der Waals surface area contributed by atoms with Gasteiger partial charge < -0.3 is 4.42 Å². The molecule has 1 aromatic heterocycles. The lowest BCUT2D eigenvalue weighted by Gasteiger charge is -2.10. The van der Waals surface area contributed by atoms with Crippen LogP contribution in [-0.4, -0.2) is 6.72 Å². The summed E-state index contributed by atoms with van der Waals surface area (Å²) in [6, 6.07) is 4.64. The van der Waals surface area contributed by atoms with E-state index in [1.807, 2.05) is 37.3 Å². The zero-order valence-corrected chi connectivity index (χ0v) is 13.0. The van der Waals surface area contributed by atoms with Crippen molar-refractivity contribution in [2.75, 3.05) is 0 Å². The van der Waals surface area contributed by atoms with Crippen molar-refractivity contribution >= 4 is 23.8 Å². The van der Waals surface area contributed by atoms with E-state index in [2.05, 4.69) is 18.3 Å². The van der Waals surface area contributed by atoms with Crippen LogP contribution < -0.4 is 5.43 Å². The summed E-state index contributed by atoms with van der Waals surface area (Å²) in [5.74, 6) is -0.551. The molecule has 0 aliphatic heterocycles. The van der Waals surface area contributed by atoms with Gasteiger partial charge in [0.05, 0.1) is 22.8 Å². The first-order chi connectivity index (χ1) is 11.1. The van der Waals surface area contributed by atoms with Crippen molar-refractivity contribution in [3.05, 3.63) is 76.4 Å². The van der Waals surface area contributed by atoms with Gasteiger partial charge in [-0.05, 0) is 31.3 Å². The summed E-state index contributed by atoms with van der Waals surface area (Å²) in [4.78, 5) is 16.5. The van der Waals surface area contributed by atoms with Crippen LogP contribution >= 0.6 is 0 Å². The number of fused-ring (bicyclic) bond motifs is 1. The Balaban J connectivity index is 2.53. The fourth-order valence-electron chi connectivity index (χ4n) is 2.26. The lowest BCUT2D eigenvalue weighted by molar-refractivity contribution is 0.532. The van der Waals surface area contributed by atoms with Crippen molar-refractivity contribution in [1.82, 2.24) is 0 Å². The third-order valence-corrected chi connectivity index (χ3v) is 3.41. The number of allylic oxidation sites excluding steroid dienone is 3. The van der Waals surface area contributed by atoms with E-state index < -0.39 is 11.9 Å². The van der Waals surface area contributed by atoms with E-state index in [1.54, 1.807) is 12.1 Å². The zero-order valence-electron chi connectivity index (χ0n) is 13.0. The first kappa shape index (κ1) is 16.6. The SMILES string of the molecule is C=NC(CC(=C)F)c1coc2ccc(/C=C\C=C/C)cc2c1=O. The Labute approximate surface area is 134 Å². The van der Waals surface area contributed by atoms with Crippen LogP contribution in [0.4, 0.5) is 4.39 Å². The third-order valence-electron chi connectivity index (χ3n) is 3.41. The van der Waals surface area contributed by atoms with E-state index in [9.17, 15) is 9.18 Å². The molecule has 0 fully saturated rings. The molecule has 1 heterocycles. The van der Waals surface area contributed by atoms with Crippen LogP contribution in [0, 0.1) is 0 Å². The molecule has 118 valence electrons. The summed E-state index contributed by atoms with van der Waals surface area (Å²) >= 11 is 0. The largest absolute Gasteiger partial charge is 0.464 e. The van der Waals surface area contributed by atoms with Gasteiger partial charge >= 0.3 is 0 Å². The number of aliphatic imine (C=N–C) groups is 1. The molecule has 1 atom stereocenters. The molecule has 0 saturated carbocycles. The van der Waals surface area contributed by atoms with Gasteiger partial charge in [0.15, 0.2) is 5.43 Å². The van der Waals surface area contributed by atoms with Gasteiger partial charge in [-0.3, -0.25) is 9.79 Å². The van der Waals surface area contributed by atoms with Gasteiger partial charge in [-0.25, -0.2) is 4.39 Å². The van der Waals surface area contributed by atoms with Crippen LogP contribution in [0.5, 0.6) is 0 Å². The minimum atomic E-state index is -0.699. The second-order valence-corrected chi connectivity index (χ2v) is 5.08. The molecule has 4 heteroatoms. The fourth-order valence-corrected chi connectivity index (χ4v) is 2.26. The molecule has 0 spiro atoms. The van der Waals surface area contributed by atoms with Gasteiger partial charge in [0.25, 0.3) is 0 Å². The highest BCUT2D eigenvalue weighted by Crippen LogP contribution is 2.24. The summed E-state index contributed by atoms with van der Waals surface area (Å²) in [6.45, 7) is 8.56. The van der Waals surface area contributed by atoms with Gasteiger partial charge in [-0.15, -0.1) is 0 Å². The molecule has 1 unspecified atom stereocenters. The molecule has 2 aromatic rings. The maximum atomic E-state index is 13.1. The number of benzene rings is 1. The van der Waals surface area contributed by atoms with E-state index in [1.165, 1.54) is 6.26 Å². The molecule has 2 rings (SSSR count). The van der Waals surface area contributed by atoms with Crippen LogP contribution in [-0.2, 0) is 0 Å². The van der Waals surface area contributed by atoms with E-state index in [4.69, 9.17) is 4.42 Å². The second kappa shape index (κ2) is 7.49. The molecule has 1 aromatic carbocycles. The lowest BCUT2D eigenvalue weighted by atomic mass is 10.0. The average Bonchev–Trinajstić information content (AvgIpc) is 2.54. The quantitative estimate of drug-likeness (QED) is 0.556. The predicted octanol–water partition coefficient (Wildman–Crippen LogP) is 5.00. The number of nitrogens with zero attached hydrogens (tertiary/aromatic N) is 1. The van der Waals surface area contributed by atoms with E-state index in [-0.39, 0.29) is 17.4 Å². The minimum absolute atomic E-state index is 0.0827. The van der Waals surface area contributed by atoms with Crippen molar-refractivity contribution in [1.29, 1.82) is 0 Å². The molecular formula is C19H18FNO2. The molecule has 0 radical (unpaired) electrons.